The highest BCUT2D eigenvalue weighted by Gasteiger charge is 2.27. The van der Waals surface area contributed by atoms with Gasteiger partial charge in [-0.3, -0.25) is 9.59 Å². The van der Waals surface area contributed by atoms with Crippen LogP contribution in [0.15, 0.2) is 73.4 Å². The molecule has 1 aromatic heterocycles. The first-order chi connectivity index (χ1) is 16.0. The smallest absolute Gasteiger partial charge is 0.253 e. The van der Waals surface area contributed by atoms with Crippen molar-refractivity contribution in [1.29, 1.82) is 0 Å². The number of amides is 2. The van der Waals surface area contributed by atoms with E-state index < -0.39 is 0 Å². The molecule has 8 nitrogen and oxygen atoms in total. The van der Waals surface area contributed by atoms with Crippen molar-refractivity contribution in [3.05, 3.63) is 84.0 Å². The highest BCUT2D eigenvalue weighted by molar-refractivity contribution is 6.31. The third-order valence-electron chi connectivity index (χ3n) is 5.06. The first-order valence-corrected chi connectivity index (χ1v) is 10.7. The molecule has 4 rings (SSSR count). The van der Waals surface area contributed by atoms with E-state index in [1.54, 1.807) is 29.2 Å². The summed E-state index contributed by atoms with van der Waals surface area (Å²) < 4.78 is 5.75. The first kappa shape index (κ1) is 22.3. The van der Waals surface area contributed by atoms with Gasteiger partial charge in [-0.15, -0.1) is 0 Å². The number of hydrogen-bond donors (Lipinski definition) is 2. The summed E-state index contributed by atoms with van der Waals surface area (Å²) in [4.78, 5) is 34.6. The number of carbonyl (C=O) groups is 2. The number of likely N-dealkylation sites (tertiary alicyclic amines) is 1. The van der Waals surface area contributed by atoms with Crippen LogP contribution >= 0.6 is 11.6 Å². The molecule has 9 heteroatoms. The third kappa shape index (κ3) is 5.67. The van der Waals surface area contributed by atoms with Crippen LogP contribution in [-0.2, 0) is 4.79 Å². The second-order valence-electron chi connectivity index (χ2n) is 7.41. The molecular formula is C24H22ClN5O3. The minimum absolute atomic E-state index is 0.00847. The summed E-state index contributed by atoms with van der Waals surface area (Å²) >= 11 is 6.18. The molecule has 1 aliphatic heterocycles. The van der Waals surface area contributed by atoms with Gasteiger partial charge in [0.15, 0.2) is 0 Å². The van der Waals surface area contributed by atoms with E-state index in [0.29, 0.717) is 41.1 Å². The number of nitrogens with one attached hydrogen (secondary N) is 2. The second kappa shape index (κ2) is 10.1. The molecule has 0 unspecified atom stereocenters. The van der Waals surface area contributed by atoms with Gasteiger partial charge in [-0.2, -0.15) is 4.98 Å². The molecular weight excluding hydrogens is 442 g/mol. The molecule has 1 fully saturated rings. The topological polar surface area (TPSA) is 96.5 Å². The maximum Gasteiger partial charge on any atom is 0.253 e. The number of aromatic nitrogens is 2. The number of anilines is 2. The van der Waals surface area contributed by atoms with E-state index >= 15 is 0 Å². The minimum atomic E-state index is -0.302. The van der Waals surface area contributed by atoms with E-state index in [9.17, 15) is 9.59 Å². The fraction of sp³-hybridized carbons (Fsp3) is 0.167. The standard InChI is InChI=1S/C24H22ClN5O3/c1-2-21(31)27-17-10-8-16(9-11-17)23(32)30-13-12-18(15-30)28-24-26-14-20(25)22(29-24)33-19-6-4-3-5-7-19/h2-11,14,18H,1,12-13,15H2,(H,27,31)(H,26,28,29)/t18-/m1/s1. The summed E-state index contributed by atoms with van der Waals surface area (Å²) in [5, 5.41) is 6.22. The number of carbonyl (C=O) groups excluding carboxylic acids is 2. The molecule has 33 heavy (non-hydrogen) atoms. The number of hydrogen-bond acceptors (Lipinski definition) is 6. The van der Waals surface area contributed by atoms with Crippen molar-refractivity contribution in [2.75, 3.05) is 23.7 Å². The Morgan fingerprint density at radius 1 is 1.15 bits per heavy atom. The normalized spacial score (nSPS) is 15.1. The Hall–Kier alpha value is -3.91. The summed E-state index contributed by atoms with van der Waals surface area (Å²) in [6, 6.07) is 16.0. The quantitative estimate of drug-likeness (QED) is 0.505. The maximum absolute atomic E-state index is 12.9. The van der Waals surface area contributed by atoms with Crippen LogP contribution in [0.2, 0.25) is 5.02 Å². The molecule has 0 aliphatic carbocycles. The fourth-order valence-corrected chi connectivity index (χ4v) is 3.54. The van der Waals surface area contributed by atoms with Crippen LogP contribution < -0.4 is 15.4 Å². The summed E-state index contributed by atoms with van der Waals surface area (Å²) in [6.07, 6.45) is 3.43. The lowest BCUT2D eigenvalue weighted by molar-refractivity contribution is -0.111. The average molecular weight is 464 g/mol. The lowest BCUT2D eigenvalue weighted by atomic mass is 10.2. The lowest BCUT2D eigenvalue weighted by Crippen LogP contribution is -2.31. The SMILES string of the molecule is C=CC(=O)Nc1ccc(C(=O)N2CC[C@@H](Nc3ncc(Cl)c(Oc4ccccc4)n3)C2)cc1. The Morgan fingerprint density at radius 2 is 1.91 bits per heavy atom. The van der Waals surface area contributed by atoms with Crippen molar-refractivity contribution in [2.45, 2.75) is 12.5 Å². The van der Waals surface area contributed by atoms with Gasteiger partial charge < -0.3 is 20.3 Å². The number of ether oxygens (including phenoxy) is 1. The van der Waals surface area contributed by atoms with Crippen LogP contribution in [0.25, 0.3) is 0 Å². The van der Waals surface area contributed by atoms with Gasteiger partial charge in [0, 0.05) is 30.4 Å². The molecule has 168 valence electrons. The van der Waals surface area contributed by atoms with Crippen molar-refractivity contribution in [1.82, 2.24) is 14.9 Å². The molecule has 2 N–H and O–H groups in total. The van der Waals surface area contributed by atoms with Crippen LogP contribution in [0.3, 0.4) is 0 Å². The summed E-state index contributed by atoms with van der Waals surface area (Å²) in [6.45, 7) is 4.53. The average Bonchev–Trinajstić information content (AvgIpc) is 3.30. The van der Waals surface area contributed by atoms with Gasteiger partial charge >= 0.3 is 0 Å². The van der Waals surface area contributed by atoms with Crippen LogP contribution in [0.5, 0.6) is 11.6 Å². The Morgan fingerprint density at radius 3 is 2.64 bits per heavy atom. The van der Waals surface area contributed by atoms with E-state index in [0.717, 1.165) is 6.42 Å². The van der Waals surface area contributed by atoms with E-state index in [-0.39, 0.29) is 23.7 Å². The van der Waals surface area contributed by atoms with E-state index in [4.69, 9.17) is 16.3 Å². The van der Waals surface area contributed by atoms with Gasteiger partial charge in [-0.1, -0.05) is 36.4 Å². The number of rotatable bonds is 7. The van der Waals surface area contributed by atoms with Gasteiger partial charge in [0.1, 0.15) is 10.8 Å². The molecule has 3 aromatic rings. The molecule has 1 saturated heterocycles. The molecule has 2 aromatic carbocycles. The lowest BCUT2D eigenvalue weighted by Gasteiger charge is -2.17. The Balaban J connectivity index is 1.36. The summed E-state index contributed by atoms with van der Waals surface area (Å²) in [5.74, 6) is 0.883. The van der Waals surface area contributed by atoms with Crippen LogP contribution in [0.4, 0.5) is 11.6 Å². The largest absolute Gasteiger partial charge is 0.437 e. The predicted octanol–water partition coefficient (Wildman–Crippen LogP) is 4.37. The van der Waals surface area contributed by atoms with E-state index in [2.05, 4.69) is 27.2 Å². The number of benzene rings is 2. The monoisotopic (exact) mass is 463 g/mol. The number of nitrogens with zero attached hydrogens (tertiary/aromatic N) is 3. The van der Waals surface area contributed by atoms with Crippen molar-refractivity contribution >= 4 is 35.1 Å². The predicted molar refractivity (Wildman–Crippen MR) is 127 cm³/mol. The molecule has 0 radical (unpaired) electrons. The molecule has 2 heterocycles. The van der Waals surface area contributed by atoms with Gasteiger partial charge in [-0.05, 0) is 48.9 Å². The van der Waals surface area contributed by atoms with Crippen LogP contribution in [-0.4, -0.2) is 45.8 Å². The van der Waals surface area contributed by atoms with Gasteiger partial charge in [-0.25, -0.2) is 4.98 Å². The van der Waals surface area contributed by atoms with Crippen molar-refractivity contribution in [3.8, 4) is 11.6 Å². The Kier molecular flexibility index (Phi) is 6.85. The van der Waals surface area contributed by atoms with Gasteiger partial charge in [0.2, 0.25) is 17.7 Å². The minimum Gasteiger partial charge on any atom is -0.437 e. The molecule has 2 amide bonds. The van der Waals surface area contributed by atoms with E-state index in [1.807, 2.05) is 30.3 Å². The highest BCUT2D eigenvalue weighted by atomic mass is 35.5. The van der Waals surface area contributed by atoms with Gasteiger partial charge in [0.25, 0.3) is 5.91 Å². The van der Waals surface area contributed by atoms with E-state index in [1.165, 1.54) is 12.3 Å². The number of halogens is 1. The molecule has 0 spiro atoms. The third-order valence-corrected chi connectivity index (χ3v) is 5.32. The number of para-hydroxylation sites is 1. The van der Waals surface area contributed by atoms with Crippen LogP contribution in [0, 0.1) is 0 Å². The Bertz CT molecular complexity index is 1150. The first-order valence-electron chi connectivity index (χ1n) is 10.4. The van der Waals surface area contributed by atoms with Crippen molar-refractivity contribution in [2.24, 2.45) is 0 Å². The zero-order valence-corrected chi connectivity index (χ0v) is 18.5. The fourth-order valence-electron chi connectivity index (χ4n) is 3.41. The van der Waals surface area contributed by atoms with Crippen molar-refractivity contribution < 1.29 is 14.3 Å². The highest BCUT2D eigenvalue weighted by Crippen LogP contribution is 2.28. The Labute approximate surface area is 196 Å². The second-order valence-corrected chi connectivity index (χ2v) is 7.82. The van der Waals surface area contributed by atoms with Crippen LogP contribution in [0.1, 0.15) is 16.8 Å². The molecule has 1 aliphatic rings. The zero-order chi connectivity index (χ0) is 23.2. The molecule has 1 atom stereocenters. The molecule has 0 saturated carbocycles. The maximum atomic E-state index is 12.9. The summed E-state index contributed by atoms with van der Waals surface area (Å²) in [5.41, 5.74) is 1.15. The van der Waals surface area contributed by atoms with Crippen molar-refractivity contribution in [3.63, 3.8) is 0 Å². The molecule has 0 bridgehead atoms. The summed E-state index contributed by atoms with van der Waals surface area (Å²) in [7, 11) is 0. The van der Waals surface area contributed by atoms with Gasteiger partial charge in [0.05, 0.1) is 6.20 Å². The zero-order valence-electron chi connectivity index (χ0n) is 17.7.